The van der Waals surface area contributed by atoms with Crippen molar-refractivity contribution >= 4 is 16.7 Å². The van der Waals surface area contributed by atoms with Crippen molar-refractivity contribution in [3.05, 3.63) is 12.4 Å². The molecule has 1 aromatic rings. The third-order valence-corrected chi connectivity index (χ3v) is 3.03. The molecule has 1 N–H and O–H groups in total. The third-order valence-electron chi connectivity index (χ3n) is 2.17. The molecular formula is C11H21N3OS. The molecular weight excluding hydrogens is 222 g/mol. The van der Waals surface area contributed by atoms with Gasteiger partial charge in [0.25, 0.3) is 0 Å². The fourth-order valence-corrected chi connectivity index (χ4v) is 2.04. The summed E-state index contributed by atoms with van der Waals surface area (Å²) < 4.78 is 13.0. The molecule has 0 aliphatic heterocycles. The zero-order valence-corrected chi connectivity index (χ0v) is 11.1. The van der Waals surface area contributed by atoms with Gasteiger partial charge in [-0.1, -0.05) is 13.8 Å². The van der Waals surface area contributed by atoms with Crippen LogP contribution in [0.4, 0.5) is 5.95 Å². The molecule has 0 saturated carbocycles. The van der Waals surface area contributed by atoms with Crippen molar-refractivity contribution in [1.29, 1.82) is 0 Å². The van der Waals surface area contributed by atoms with Crippen LogP contribution in [-0.2, 0) is 17.3 Å². The van der Waals surface area contributed by atoms with Crippen molar-refractivity contribution in [3.8, 4) is 0 Å². The van der Waals surface area contributed by atoms with Gasteiger partial charge in [0.1, 0.15) is 0 Å². The summed E-state index contributed by atoms with van der Waals surface area (Å²) in [5, 5.41) is 3.27. The summed E-state index contributed by atoms with van der Waals surface area (Å²) in [4.78, 5) is 4.26. The van der Waals surface area contributed by atoms with Crippen LogP contribution < -0.4 is 5.32 Å². The molecule has 1 atom stereocenters. The Morgan fingerprint density at radius 2 is 2.31 bits per heavy atom. The van der Waals surface area contributed by atoms with E-state index in [0.29, 0.717) is 5.92 Å². The fraction of sp³-hybridized carbons (Fsp3) is 0.727. The Hall–Kier alpha value is -0.840. The Morgan fingerprint density at radius 3 is 2.94 bits per heavy atom. The molecule has 0 amide bonds. The summed E-state index contributed by atoms with van der Waals surface area (Å²) in [6, 6.07) is 0. The number of aromatic nitrogens is 2. The Kier molecular flexibility index (Phi) is 5.52. The van der Waals surface area contributed by atoms with Gasteiger partial charge in [0.05, 0.1) is 0 Å². The molecule has 92 valence electrons. The highest BCUT2D eigenvalue weighted by atomic mass is 32.2. The van der Waals surface area contributed by atoms with E-state index >= 15 is 0 Å². The lowest BCUT2D eigenvalue weighted by Gasteiger charge is -2.11. The van der Waals surface area contributed by atoms with Crippen LogP contribution in [0.2, 0.25) is 0 Å². The molecule has 0 aromatic carbocycles. The first-order chi connectivity index (χ1) is 7.59. The minimum absolute atomic E-state index is 0.609. The number of nitrogens with zero attached hydrogens (tertiary/aromatic N) is 2. The Balaban J connectivity index is 2.35. The van der Waals surface area contributed by atoms with Crippen LogP contribution in [0.1, 0.15) is 20.3 Å². The summed E-state index contributed by atoms with van der Waals surface area (Å²) in [7, 11) is -0.696. The molecule has 0 spiro atoms. The first kappa shape index (κ1) is 13.2. The smallest absolute Gasteiger partial charge is 0.202 e. The van der Waals surface area contributed by atoms with Gasteiger partial charge >= 0.3 is 0 Å². The third kappa shape index (κ3) is 4.79. The van der Waals surface area contributed by atoms with Gasteiger partial charge in [-0.3, -0.25) is 4.21 Å². The molecule has 1 heterocycles. The van der Waals surface area contributed by atoms with Crippen molar-refractivity contribution in [3.63, 3.8) is 0 Å². The van der Waals surface area contributed by atoms with Gasteiger partial charge in [-0.25, -0.2) is 4.98 Å². The Bertz CT molecular complexity index is 336. The van der Waals surface area contributed by atoms with E-state index in [2.05, 4.69) is 28.7 Å². The lowest BCUT2D eigenvalue weighted by molar-refractivity contribution is 0.526. The molecule has 0 aliphatic rings. The maximum Gasteiger partial charge on any atom is 0.202 e. The molecule has 5 heteroatoms. The van der Waals surface area contributed by atoms with Gasteiger partial charge in [-0.2, -0.15) is 0 Å². The van der Waals surface area contributed by atoms with E-state index in [-0.39, 0.29) is 0 Å². The van der Waals surface area contributed by atoms with E-state index in [1.165, 1.54) is 0 Å². The van der Waals surface area contributed by atoms with Gasteiger partial charge in [0, 0.05) is 48.3 Å². The summed E-state index contributed by atoms with van der Waals surface area (Å²) in [6.45, 7) is 6.17. The van der Waals surface area contributed by atoms with Crippen molar-refractivity contribution in [2.24, 2.45) is 5.92 Å². The van der Waals surface area contributed by atoms with Crippen LogP contribution in [0.5, 0.6) is 0 Å². The lowest BCUT2D eigenvalue weighted by atomic mass is 10.2. The van der Waals surface area contributed by atoms with Crippen molar-refractivity contribution in [1.82, 2.24) is 9.55 Å². The van der Waals surface area contributed by atoms with Gasteiger partial charge in [-0.15, -0.1) is 0 Å². The second kappa shape index (κ2) is 6.68. The zero-order valence-electron chi connectivity index (χ0n) is 10.3. The molecule has 0 fully saturated rings. The summed E-state index contributed by atoms with van der Waals surface area (Å²) in [5.41, 5.74) is 0. The SMILES string of the molecule is CC(C)Cn1ccnc1NCCCS(C)=O. The van der Waals surface area contributed by atoms with E-state index in [1.807, 2.05) is 12.4 Å². The second-order valence-corrected chi connectivity index (χ2v) is 5.91. The Morgan fingerprint density at radius 1 is 1.56 bits per heavy atom. The maximum absolute atomic E-state index is 10.9. The van der Waals surface area contributed by atoms with Crippen LogP contribution >= 0.6 is 0 Å². The highest BCUT2D eigenvalue weighted by molar-refractivity contribution is 7.84. The number of rotatable bonds is 7. The van der Waals surface area contributed by atoms with E-state index in [9.17, 15) is 4.21 Å². The molecule has 0 bridgehead atoms. The second-order valence-electron chi connectivity index (χ2n) is 4.35. The van der Waals surface area contributed by atoms with Crippen molar-refractivity contribution < 1.29 is 4.21 Å². The van der Waals surface area contributed by atoms with Crippen LogP contribution in [0.25, 0.3) is 0 Å². The average Bonchev–Trinajstić information content (AvgIpc) is 2.59. The summed E-state index contributed by atoms with van der Waals surface area (Å²) >= 11 is 0. The normalized spacial score (nSPS) is 13.0. The average molecular weight is 243 g/mol. The molecule has 1 rings (SSSR count). The fourth-order valence-electron chi connectivity index (χ4n) is 1.49. The lowest BCUT2D eigenvalue weighted by Crippen LogP contribution is -2.12. The van der Waals surface area contributed by atoms with E-state index in [4.69, 9.17) is 0 Å². The number of imidazole rings is 1. The minimum Gasteiger partial charge on any atom is -0.356 e. The molecule has 1 unspecified atom stereocenters. The summed E-state index contributed by atoms with van der Waals surface area (Å²) in [6.07, 6.45) is 6.44. The predicted octanol–water partition coefficient (Wildman–Crippen LogP) is 1.72. The molecule has 4 nitrogen and oxygen atoms in total. The molecule has 16 heavy (non-hydrogen) atoms. The zero-order chi connectivity index (χ0) is 12.0. The first-order valence-corrected chi connectivity index (χ1v) is 7.37. The van der Waals surface area contributed by atoms with Gasteiger partial charge in [0.2, 0.25) is 5.95 Å². The van der Waals surface area contributed by atoms with Crippen molar-refractivity contribution in [2.45, 2.75) is 26.8 Å². The highest BCUT2D eigenvalue weighted by Crippen LogP contribution is 2.08. The number of hydrogen-bond donors (Lipinski definition) is 1. The highest BCUT2D eigenvalue weighted by Gasteiger charge is 2.03. The number of nitrogens with one attached hydrogen (secondary N) is 1. The van der Waals surface area contributed by atoms with Gasteiger partial charge in [-0.05, 0) is 12.3 Å². The molecule has 1 aromatic heterocycles. The number of hydrogen-bond acceptors (Lipinski definition) is 3. The first-order valence-electron chi connectivity index (χ1n) is 5.64. The Labute approximate surface area is 99.9 Å². The largest absolute Gasteiger partial charge is 0.356 e. The molecule has 0 saturated heterocycles. The molecule has 0 radical (unpaired) electrons. The molecule has 0 aliphatic carbocycles. The van der Waals surface area contributed by atoms with E-state index in [0.717, 1.165) is 31.2 Å². The van der Waals surface area contributed by atoms with Crippen LogP contribution in [0.3, 0.4) is 0 Å². The van der Waals surface area contributed by atoms with E-state index in [1.54, 1.807) is 6.26 Å². The van der Waals surface area contributed by atoms with Crippen LogP contribution in [0.15, 0.2) is 12.4 Å². The topological polar surface area (TPSA) is 46.9 Å². The van der Waals surface area contributed by atoms with Crippen molar-refractivity contribution in [2.75, 3.05) is 23.9 Å². The van der Waals surface area contributed by atoms with Gasteiger partial charge < -0.3 is 9.88 Å². The summed E-state index contributed by atoms with van der Waals surface area (Å²) in [5.74, 6) is 2.27. The predicted molar refractivity (Wildman–Crippen MR) is 69.1 cm³/mol. The van der Waals surface area contributed by atoms with E-state index < -0.39 is 10.8 Å². The quantitative estimate of drug-likeness (QED) is 0.742. The van der Waals surface area contributed by atoms with Crippen LogP contribution in [0, 0.1) is 5.92 Å². The monoisotopic (exact) mass is 243 g/mol. The van der Waals surface area contributed by atoms with Crippen LogP contribution in [-0.4, -0.2) is 32.3 Å². The minimum atomic E-state index is -0.696. The number of anilines is 1. The van der Waals surface area contributed by atoms with Gasteiger partial charge in [0.15, 0.2) is 0 Å². The standard InChI is InChI=1S/C11H21N3OS/c1-10(2)9-14-7-6-13-11(14)12-5-4-8-16(3)15/h6-7,10H,4-5,8-9H2,1-3H3,(H,12,13). The maximum atomic E-state index is 10.9.